The Bertz CT molecular complexity index is 733. The van der Waals surface area contributed by atoms with Gasteiger partial charge in [-0.05, 0) is 48.9 Å². The normalized spacial score (nSPS) is 11.7. The standard InChI is InChI=1S/C19H21FN2O3S/c1-13(23)10-21-19(25)15-4-2-14(3-5-15)11-26-12-18(24)22-17-8-6-16(20)7-9-17/h2-9,13,23H,10-12H2,1H3,(H,21,25)(H,22,24). The molecule has 0 aliphatic rings. The molecule has 2 aromatic rings. The van der Waals surface area contributed by atoms with E-state index in [1.807, 2.05) is 12.1 Å². The number of anilines is 1. The van der Waals surface area contributed by atoms with Gasteiger partial charge in [0, 0.05) is 23.5 Å². The maximum atomic E-state index is 12.8. The van der Waals surface area contributed by atoms with Crippen molar-refractivity contribution in [2.24, 2.45) is 0 Å². The zero-order valence-electron chi connectivity index (χ0n) is 14.4. The smallest absolute Gasteiger partial charge is 0.251 e. The van der Waals surface area contributed by atoms with Gasteiger partial charge in [-0.3, -0.25) is 9.59 Å². The van der Waals surface area contributed by atoms with Crippen molar-refractivity contribution in [1.29, 1.82) is 0 Å². The summed E-state index contributed by atoms with van der Waals surface area (Å²) in [5, 5.41) is 14.5. The van der Waals surface area contributed by atoms with Crippen molar-refractivity contribution in [2.75, 3.05) is 17.6 Å². The molecule has 0 aromatic heterocycles. The number of amides is 2. The molecule has 3 N–H and O–H groups in total. The van der Waals surface area contributed by atoms with Gasteiger partial charge in [0.25, 0.3) is 5.91 Å². The lowest BCUT2D eigenvalue weighted by molar-refractivity contribution is -0.113. The van der Waals surface area contributed by atoms with Crippen LogP contribution in [0.15, 0.2) is 48.5 Å². The number of halogens is 1. The topological polar surface area (TPSA) is 78.4 Å². The second kappa shape index (κ2) is 9.94. The van der Waals surface area contributed by atoms with Crippen molar-refractivity contribution >= 4 is 29.3 Å². The summed E-state index contributed by atoms with van der Waals surface area (Å²) in [7, 11) is 0. The zero-order chi connectivity index (χ0) is 18.9. The Morgan fingerprint density at radius 2 is 1.77 bits per heavy atom. The summed E-state index contributed by atoms with van der Waals surface area (Å²) in [6.07, 6.45) is -0.587. The molecule has 7 heteroatoms. The van der Waals surface area contributed by atoms with Crippen LogP contribution in [0.2, 0.25) is 0 Å². The summed E-state index contributed by atoms with van der Waals surface area (Å²) in [4.78, 5) is 23.7. The van der Waals surface area contributed by atoms with Crippen LogP contribution in [0.25, 0.3) is 0 Å². The molecule has 26 heavy (non-hydrogen) atoms. The van der Waals surface area contributed by atoms with Gasteiger partial charge in [-0.25, -0.2) is 4.39 Å². The monoisotopic (exact) mass is 376 g/mol. The van der Waals surface area contributed by atoms with Crippen molar-refractivity contribution in [3.8, 4) is 0 Å². The minimum Gasteiger partial charge on any atom is -0.392 e. The summed E-state index contributed by atoms with van der Waals surface area (Å²) < 4.78 is 12.8. The Hall–Kier alpha value is -2.38. The average Bonchev–Trinajstić information content (AvgIpc) is 2.62. The molecule has 2 rings (SSSR count). The third kappa shape index (κ3) is 6.85. The lowest BCUT2D eigenvalue weighted by atomic mass is 10.1. The average molecular weight is 376 g/mol. The SMILES string of the molecule is CC(O)CNC(=O)c1ccc(CSCC(=O)Nc2ccc(F)cc2)cc1. The number of carbonyl (C=O) groups is 2. The second-order valence-corrected chi connectivity index (χ2v) is 6.79. The first-order valence-corrected chi connectivity index (χ1v) is 9.28. The molecule has 1 unspecified atom stereocenters. The van der Waals surface area contributed by atoms with E-state index >= 15 is 0 Å². The van der Waals surface area contributed by atoms with Crippen molar-refractivity contribution in [3.63, 3.8) is 0 Å². The second-order valence-electron chi connectivity index (χ2n) is 5.80. The van der Waals surface area contributed by atoms with E-state index < -0.39 is 6.10 Å². The maximum absolute atomic E-state index is 12.8. The highest BCUT2D eigenvalue weighted by molar-refractivity contribution is 7.99. The van der Waals surface area contributed by atoms with E-state index in [9.17, 15) is 19.1 Å². The van der Waals surface area contributed by atoms with Crippen molar-refractivity contribution < 1.29 is 19.1 Å². The summed E-state index contributed by atoms with van der Waals surface area (Å²) in [6, 6.07) is 12.7. The molecule has 0 fully saturated rings. The number of hydrogen-bond acceptors (Lipinski definition) is 4. The molecule has 138 valence electrons. The summed E-state index contributed by atoms with van der Waals surface area (Å²) in [5.41, 5.74) is 2.08. The van der Waals surface area contributed by atoms with Gasteiger partial charge in [0.15, 0.2) is 0 Å². The highest BCUT2D eigenvalue weighted by Crippen LogP contribution is 2.14. The molecule has 0 heterocycles. The number of benzene rings is 2. The molecule has 0 bridgehead atoms. The molecule has 0 radical (unpaired) electrons. The van der Waals surface area contributed by atoms with Crippen LogP contribution < -0.4 is 10.6 Å². The van der Waals surface area contributed by atoms with Gasteiger partial charge < -0.3 is 15.7 Å². The summed E-state index contributed by atoms with van der Waals surface area (Å²) in [5.74, 6) is 0.167. The Kier molecular flexibility index (Phi) is 7.62. The molecular formula is C19H21FN2O3S. The van der Waals surface area contributed by atoms with Gasteiger partial charge in [-0.15, -0.1) is 11.8 Å². The Morgan fingerprint density at radius 3 is 2.38 bits per heavy atom. The number of carbonyl (C=O) groups excluding carboxylic acids is 2. The van der Waals surface area contributed by atoms with E-state index in [1.165, 1.54) is 36.0 Å². The predicted molar refractivity (Wildman–Crippen MR) is 102 cm³/mol. The predicted octanol–water partition coefficient (Wildman–Crippen LogP) is 2.81. The molecule has 0 saturated carbocycles. The van der Waals surface area contributed by atoms with Crippen LogP contribution in [-0.2, 0) is 10.5 Å². The van der Waals surface area contributed by atoms with Crippen LogP contribution in [-0.4, -0.2) is 35.3 Å². The Labute approximate surface area is 156 Å². The Balaban J connectivity index is 1.74. The highest BCUT2D eigenvalue weighted by atomic mass is 32.2. The third-order valence-electron chi connectivity index (χ3n) is 3.40. The molecule has 2 aromatic carbocycles. The maximum Gasteiger partial charge on any atom is 0.251 e. The van der Waals surface area contributed by atoms with Crippen LogP contribution in [0.5, 0.6) is 0 Å². The molecule has 2 amide bonds. The minimum absolute atomic E-state index is 0.157. The van der Waals surface area contributed by atoms with Crippen LogP contribution >= 0.6 is 11.8 Å². The summed E-state index contributed by atoms with van der Waals surface area (Å²) in [6.45, 7) is 1.81. The summed E-state index contributed by atoms with van der Waals surface area (Å²) >= 11 is 1.45. The lowest BCUT2D eigenvalue weighted by Crippen LogP contribution is -2.30. The molecule has 0 aliphatic carbocycles. The Morgan fingerprint density at radius 1 is 1.12 bits per heavy atom. The zero-order valence-corrected chi connectivity index (χ0v) is 15.2. The van der Waals surface area contributed by atoms with E-state index in [2.05, 4.69) is 10.6 Å². The molecular weight excluding hydrogens is 355 g/mol. The number of aliphatic hydroxyl groups excluding tert-OH is 1. The van der Waals surface area contributed by atoms with E-state index in [-0.39, 0.29) is 29.9 Å². The van der Waals surface area contributed by atoms with E-state index in [0.717, 1.165) is 5.56 Å². The first kappa shape index (κ1) is 19.9. The first-order valence-electron chi connectivity index (χ1n) is 8.12. The lowest BCUT2D eigenvalue weighted by Gasteiger charge is -2.08. The number of rotatable bonds is 8. The fourth-order valence-corrected chi connectivity index (χ4v) is 2.87. The fourth-order valence-electron chi connectivity index (χ4n) is 2.09. The van der Waals surface area contributed by atoms with E-state index in [1.54, 1.807) is 19.1 Å². The van der Waals surface area contributed by atoms with Gasteiger partial charge >= 0.3 is 0 Å². The number of nitrogens with one attached hydrogen (secondary N) is 2. The van der Waals surface area contributed by atoms with Gasteiger partial charge in [0.2, 0.25) is 5.91 Å². The minimum atomic E-state index is -0.587. The molecule has 1 atom stereocenters. The van der Waals surface area contributed by atoms with Crippen molar-refractivity contribution in [2.45, 2.75) is 18.8 Å². The molecule has 0 aliphatic heterocycles. The van der Waals surface area contributed by atoms with Gasteiger partial charge in [-0.1, -0.05) is 12.1 Å². The van der Waals surface area contributed by atoms with Crippen LogP contribution in [0.3, 0.4) is 0 Å². The van der Waals surface area contributed by atoms with E-state index in [4.69, 9.17) is 0 Å². The van der Waals surface area contributed by atoms with Gasteiger partial charge in [-0.2, -0.15) is 0 Å². The molecule has 5 nitrogen and oxygen atoms in total. The molecule has 0 saturated heterocycles. The quantitative estimate of drug-likeness (QED) is 0.662. The number of aliphatic hydroxyl groups is 1. The highest BCUT2D eigenvalue weighted by Gasteiger charge is 2.07. The van der Waals surface area contributed by atoms with Crippen molar-refractivity contribution in [1.82, 2.24) is 5.32 Å². The van der Waals surface area contributed by atoms with Crippen LogP contribution in [0.4, 0.5) is 10.1 Å². The first-order chi connectivity index (χ1) is 12.4. The third-order valence-corrected chi connectivity index (χ3v) is 4.41. The molecule has 0 spiro atoms. The van der Waals surface area contributed by atoms with Crippen LogP contribution in [0.1, 0.15) is 22.8 Å². The van der Waals surface area contributed by atoms with Gasteiger partial charge in [0.1, 0.15) is 5.82 Å². The van der Waals surface area contributed by atoms with Gasteiger partial charge in [0.05, 0.1) is 11.9 Å². The van der Waals surface area contributed by atoms with E-state index in [0.29, 0.717) is 17.0 Å². The largest absolute Gasteiger partial charge is 0.392 e. The van der Waals surface area contributed by atoms with Crippen LogP contribution in [0, 0.1) is 5.82 Å². The fraction of sp³-hybridized carbons (Fsp3) is 0.263. The van der Waals surface area contributed by atoms with Crippen molar-refractivity contribution in [3.05, 3.63) is 65.5 Å². The number of hydrogen-bond donors (Lipinski definition) is 3. The number of thioether (sulfide) groups is 1.